The molecule has 3 atom stereocenters. The van der Waals surface area contributed by atoms with Crippen LogP contribution in [0.1, 0.15) is 44.2 Å². The van der Waals surface area contributed by atoms with Crippen molar-refractivity contribution in [2.75, 3.05) is 0 Å². The summed E-state index contributed by atoms with van der Waals surface area (Å²) in [6.45, 7) is 2.11. The van der Waals surface area contributed by atoms with Crippen molar-refractivity contribution in [3.05, 3.63) is 82.4 Å². The van der Waals surface area contributed by atoms with Crippen molar-refractivity contribution in [1.29, 1.82) is 0 Å². The zero-order valence-corrected chi connectivity index (χ0v) is 18.7. The van der Waals surface area contributed by atoms with Crippen LogP contribution in [0.3, 0.4) is 0 Å². The lowest BCUT2D eigenvalue weighted by Gasteiger charge is -2.35. The number of nitrogens with zero attached hydrogens (tertiary/aromatic N) is 1. The number of benzene rings is 3. The molecule has 0 saturated heterocycles. The second kappa shape index (κ2) is 9.36. The van der Waals surface area contributed by atoms with Crippen LogP contribution in [0.2, 0.25) is 0 Å². The van der Waals surface area contributed by atoms with E-state index in [0.29, 0.717) is 0 Å². The molecule has 1 saturated carbocycles. The summed E-state index contributed by atoms with van der Waals surface area (Å²) in [6.07, 6.45) is 3.61. The highest BCUT2D eigenvalue weighted by molar-refractivity contribution is 7.89. The van der Waals surface area contributed by atoms with E-state index in [1.54, 1.807) is 0 Å². The molecule has 32 heavy (non-hydrogen) atoms. The smallest absolute Gasteiger partial charge is 0.269 e. The summed E-state index contributed by atoms with van der Waals surface area (Å²) in [6, 6.07) is 19.3. The quantitative estimate of drug-likeness (QED) is 0.399. The molecule has 8 heteroatoms. The van der Waals surface area contributed by atoms with Gasteiger partial charge in [0.15, 0.2) is 0 Å². The summed E-state index contributed by atoms with van der Waals surface area (Å²) >= 11 is 0. The van der Waals surface area contributed by atoms with Crippen molar-refractivity contribution >= 4 is 26.5 Å². The fraction of sp³-hybridized carbons (Fsp3) is 0.333. The van der Waals surface area contributed by atoms with Gasteiger partial charge < -0.3 is 5.32 Å². The first-order valence-electron chi connectivity index (χ1n) is 10.9. The predicted octanol–water partition coefficient (Wildman–Crippen LogP) is 4.69. The molecule has 2 N–H and O–H groups in total. The first-order valence-corrected chi connectivity index (χ1v) is 12.3. The van der Waals surface area contributed by atoms with Gasteiger partial charge in [-0.1, -0.05) is 55.3 Å². The number of hydrogen-bond acceptors (Lipinski definition) is 5. The Hall–Kier alpha value is -2.81. The second-order valence-corrected chi connectivity index (χ2v) is 10.0. The number of non-ortho nitro benzene ring substituents is 1. The molecule has 7 nitrogen and oxygen atoms in total. The lowest BCUT2D eigenvalue weighted by atomic mass is 9.89. The minimum atomic E-state index is -3.78. The zero-order chi connectivity index (χ0) is 22.7. The topological polar surface area (TPSA) is 101 Å². The normalized spacial score (nSPS) is 20.2. The van der Waals surface area contributed by atoms with Crippen molar-refractivity contribution in [2.45, 2.75) is 55.6 Å². The van der Waals surface area contributed by atoms with E-state index < -0.39 is 14.9 Å². The van der Waals surface area contributed by atoms with Gasteiger partial charge in [-0.25, -0.2) is 13.1 Å². The Morgan fingerprint density at radius 2 is 1.59 bits per heavy atom. The third-order valence-electron chi connectivity index (χ3n) is 6.18. The van der Waals surface area contributed by atoms with Gasteiger partial charge in [-0.15, -0.1) is 0 Å². The van der Waals surface area contributed by atoms with Gasteiger partial charge >= 0.3 is 0 Å². The maximum Gasteiger partial charge on any atom is 0.269 e. The Bertz CT molecular complexity index is 1210. The van der Waals surface area contributed by atoms with Gasteiger partial charge in [-0.3, -0.25) is 10.1 Å². The first kappa shape index (κ1) is 22.4. The van der Waals surface area contributed by atoms with Crippen LogP contribution in [0.25, 0.3) is 10.8 Å². The van der Waals surface area contributed by atoms with Gasteiger partial charge in [-0.05, 0) is 48.2 Å². The van der Waals surface area contributed by atoms with Crippen molar-refractivity contribution in [3.63, 3.8) is 0 Å². The van der Waals surface area contributed by atoms with Crippen LogP contribution in [0, 0.1) is 10.1 Å². The summed E-state index contributed by atoms with van der Waals surface area (Å²) in [5, 5.41) is 16.9. The molecule has 0 aromatic heterocycles. The van der Waals surface area contributed by atoms with Crippen molar-refractivity contribution < 1.29 is 13.3 Å². The number of fused-ring (bicyclic) bond motifs is 1. The molecule has 3 aromatic carbocycles. The fourth-order valence-corrected chi connectivity index (χ4v) is 5.84. The molecule has 0 heterocycles. The Labute approximate surface area is 188 Å². The summed E-state index contributed by atoms with van der Waals surface area (Å²) < 4.78 is 28.7. The van der Waals surface area contributed by atoms with E-state index in [1.165, 1.54) is 40.6 Å². The molecule has 0 spiro atoms. The highest BCUT2D eigenvalue weighted by Crippen LogP contribution is 2.28. The number of nitro groups is 1. The van der Waals surface area contributed by atoms with Crippen LogP contribution >= 0.6 is 0 Å². The highest BCUT2D eigenvalue weighted by Gasteiger charge is 2.31. The number of nitro benzene ring substituents is 1. The third-order valence-corrected chi connectivity index (χ3v) is 7.69. The molecule has 1 fully saturated rings. The molecule has 0 amide bonds. The van der Waals surface area contributed by atoms with E-state index in [4.69, 9.17) is 0 Å². The third kappa shape index (κ3) is 4.82. The molecule has 1 aliphatic rings. The molecule has 0 radical (unpaired) electrons. The summed E-state index contributed by atoms with van der Waals surface area (Å²) in [5.74, 6) is 0. The van der Waals surface area contributed by atoms with E-state index in [9.17, 15) is 18.5 Å². The van der Waals surface area contributed by atoms with Gasteiger partial charge in [0.1, 0.15) is 0 Å². The number of rotatable bonds is 7. The number of sulfonamides is 1. The minimum Gasteiger partial charge on any atom is -0.306 e. The number of nitrogens with one attached hydrogen (secondary N) is 2. The van der Waals surface area contributed by atoms with Crippen molar-refractivity contribution in [2.24, 2.45) is 0 Å². The van der Waals surface area contributed by atoms with E-state index in [0.717, 1.165) is 25.7 Å². The van der Waals surface area contributed by atoms with Crippen LogP contribution in [0.5, 0.6) is 0 Å². The van der Waals surface area contributed by atoms with Crippen LogP contribution in [0.15, 0.2) is 71.6 Å². The molecule has 1 aliphatic carbocycles. The van der Waals surface area contributed by atoms with Crippen LogP contribution in [-0.4, -0.2) is 25.4 Å². The maximum atomic E-state index is 12.9. The summed E-state index contributed by atoms with van der Waals surface area (Å²) in [7, 11) is -3.78. The van der Waals surface area contributed by atoms with Crippen molar-refractivity contribution in [1.82, 2.24) is 10.0 Å². The van der Waals surface area contributed by atoms with Gasteiger partial charge in [0.05, 0.1) is 9.82 Å². The molecule has 2 unspecified atom stereocenters. The molecular formula is C24H27N3O4S. The monoisotopic (exact) mass is 453 g/mol. The van der Waals surface area contributed by atoms with Crippen LogP contribution in [0.4, 0.5) is 5.69 Å². The largest absolute Gasteiger partial charge is 0.306 e. The minimum absolute atomic E-state index is 0.00876. The SMILES string of the molecule is CC(N[C@H]1CCCCC1NS(=O)(=O)c1ccc([N+](=O)[O-])cc1)c1cccc2ccccc12. The average molecular weight is 454 g/mol. The Morgan fingerprint density at radius 1 is 0.938 bits per heavy atom. The zero-order valence-electron chi connectivity index (χ0n) is 17.9. The average Bonchev–Trinajstić information content (AvgIpc) is 2.80. The van der Waals surface area contributed by atoms with E-state index in [2.05, 4.69) is 41.2 Å². The molecule has 4 rings (SSSR count). The van der Waals surface area contributed by atoms with E-state index >= 15 is 0 Å². The van der Waals surface area contributed by atoms with Gasteiger partial charge in [-0.2, -0.15) is 0 Å². The molecule has 168 valence electrons. The standard InChI is InChI=1S/C24H27N3O4S/c1-17(21-10-6-8-18-7-2-3-9-22(18)21)25-23-11-4-5-12-24(23)26-32(30,31)20-15-13-19(14-16-20)27(28)29/h2-3,6-10,13-17,23-26H,4-5,11-12H2,1H3/t17?,23-,24?/m0/s1. The second-order valence-electron chi connectivity index (χ2n) is 8.33. The molecule has 0 bridgehead atoms. The molecule has 0 aliphatic heterocycles. The summed E-state index contributed by atoms with van der Waals surface area (Å²) in [4.78, 5) is 10.3. The van der Waals surface area contributed by atoms with Gasteiger partial charge in [0.2, 0.25) is 10.0 Å². The summed E-state index contributed by atoms with van der Waals surface area (Å²) in [5.41, 5.74) is 1.05. The molecule has 3 aromatic rings. The lowest BCUT2D eigenvalue weighted by molar-refractivity contribution is -0.384. The van der Waals surface area contributed by atoms with Gasteiger partial charge in [0.25, 0.3) is 5.69 Å². The maximum absolute atomic E-state index is 12.9. The predicted molar refractivity (Wildman–Crippen MR) is 125 cm³/mol. The van der Waals surface area contributed by atoms with Crippen molar-refractivity contribution in [3.8, 4) is 0 Å². The Morgan fingerprint density at radius 3 is 2.31 bits per heavy atom. The van der Waals surface area contributed by atoms with Crippen LogP contribution < -0.4 is 10.0 Å². The number of hydrogen-bond donors (Lipinski definition) is 2. The van der Waals surface area contributed by atoms with Crippen LogP contribution in [-0.2, 0) is 10.0 Å². The Balaban J connectivity index is 1.52. The fourth-order valence-electron chi connectivity index (χ4n) is 4.52. The van der Waals surface area contributed by atoms with E-state index in [1.807, 2.05) is 18.2 Å². The van der Waals surface area contributed by atoms with Gasteiger partial charge in [0, 0.05) is 30.3 Å². The lowest BCUT2D eigenvalue weighted by Crippen LogP contribution is -2.52. The highest BCUT2D eigenvalue weighted by atomic mass is 32.2. The first-order chi connectivity index (χ1) is 15.3. The van der Waals surface area contributed by atoms with E-state index in [-0.39, 0.29) is 28.7 Å². The Kier molecular flexibility index (Phi) is 6.55. The molecular weight excluding hydrogens is 426 g/mol.